The molecule has 1 fully saturated rings. The number of aliphatic hydroxyl groups is 1. The SMILES string of the molecule is CO[C@@H]1[C@@H](OC(=O)c2ccc(C)[nH]2)[C@@H](O)[C@H](Oc2ccc3c(OCCN(C)C)c(Cl)c(=O)oc3c2C)OC1(C)C. The lowest BCUT2D eigenvalue weighted by Gasteiger charge is -2.47. The third-order valence-electron chi connectivity index (χ3n) is 6.77. The summed E-state index contributed by atoms with van der Waals surface area (Å²) in [4.78, 5) is 30.2. The molecule has 0 bridgehead atoms. The molecular formula is C28H35ClN2O9. The van der Waals surface area contributed by atoms with E-state index in [-0.39, 0.29) is 27.8 Å². The van der Waals surface area contributed by atoms with Crippen LogP contribution in [0.5, 0.6) is 11.5 Å². The quantitative estimate of drug-likeness (QED) is 0.287. The number of fused-ring (bicyclic) bond motifs is 1. The van der Waals surface area contributed by atoms with E-state index in [9.17, 15) is 14.7 Å². The topological polar surface area (TPSA) is 133 Å². The van der Waals surface area contributed by atoms with Crippen LogP contribution in [-0.2, 0) is 14.2 Å². The molecule has 0 saturated carbocycles. The number of carbonyl (C=O) groups excluding carboxylic acids is 1. The second-order valence-electron chi connectivity index (χ2n) is 10.5. The first-order valence-corrected chi connectivity index (χ1v) is 13.2. The van der Waals surface area contributed by atoms with Gasteiger partial charge in [0, 0.05) is 24.9 Å². The van der Waals surface area contributed by atoms with Crippen LogP contribution in [0.2, 0.25) is 5.02 Å². The maximum atomic E-state index is 12.8. The molecule has 0 radical (unpaired) electrons. The van der Waals surface area contributed by atoms with Gasteiger partial charge in [-0.2, -0.15) is 0 Å². The molecule has 11 nitrogen and oxygen atoms in total. The van der Waals surface area contributed by atoms with Crippen molar-refractivity contribution in [1.82, 2.24) is 9.88 Å². The van der Waals surface area contributed by atoms with Gasteiger partial charge in [0.2, 0.25) is 6.29 Å². The normalized spacial score (nSPS) is 22.4. The summed E-state index contributed by atoms with van der Waals surface area (Å²) in [6, 6.07) is 6.64. The van der Waals surface area contributed by atoms with Crippen molar-refractivity contribution < 1.29 is 38.0 Å². The zero-order chi connectivity index (χ0) is 29.4. The summed E-state index contributed by atoms with van der Waals surface area (Å²) in [7, 11) is 5.25. The number of likely N-dealkylation sites (N-methyl/N-ethyl adjacent to an activating group) is 1. The van der Waals surface area contributed by atoms with Crippen molar-refractivity contribution in [2.24, 2.45) is 0 Å². The number of halogens is 1. The lowest BCUT2D eigenvalue weighted by atomic mass is 9.89. The molecule has 2 aromatic heterocycles. The van der Waals surface area contributed by atoms with Gasteiger partial charge in [0.1, 0.15) is 29.7 Å². The van der Waals surface area contributed by atoms with Crippen molar-refractivity contribution in [2.45, 2.75) is 57.9 Å². The minimum Gasteiger partial charge on any atom is -0.490 e. The number of aryl methyl sites for hydroxylation is 2. The molecular weight excluding hydrogens is 544 g/mol. The molecule has 0 unspecified atom stereocenters. The number of H-pyrrole nitrogens is 1. The molecule has 3 aromatic rings. The van der Waals surface area contributed by atoms with E-state index in [1.54, 1.807) is 45.0 Å². The number of methoxy groups -OCH3 is 1. The third-order valence-corrected chi connectivity index (χ3v) is 7.10. The molecule has 0 aliphatic carbocycles. The Hall–Kier alpha value is -3.09. The Morgan fingerprint density at radius 2 is 1.93 bits per heavy atom. The highest BCUT2D eigenvalue weighted by molar-refractivity contribution is 6.32. The van der Waals surface area contributed by atoms with E-state index >= 15 is 0 Å². The second kappa shape index (κ2) is 11.8. The predicted molar refractivity (Wildman–Crippen MR) is 147 cm³/mol. The highest BCUT2D eigenvalue weighted by Crippen LogP contribution is 2.39. The van der Waals surface area contributed by atoms with E-state index in [1.165, 1.54) is 7.11 Å². The summed E-state index contributed by atoms with van der Waals surface area (Å²) in [6.45, 7) is 7.92. The van der Waals surface area contributed by atoms with Crippen LogP contribution in [0, 0.1) is 13.8 Å². The van der Waals surface area contributed by atoms with Gasteiger partial charge in [-0.1, -0.05) is 11.6 Å². The van der Waals surface area contributed by atoms with Crippen molar-refractivity contribution >= 4 is 28.5 Å². The molecule has 12 heteroatoms. The van der Waals surface area contributed by atoms with Crippen LogP contribution in [0.4, 0.5) is 0 Å². The van der Waals surface area contributed by atoms with Crippen LogP contribution in [0.3, 0.4) is 0 Å². The van der Waals surface area contributed by atoms with Crippen molar-refractivity contribution in [3.63, 3.8) is 0 Å². The molecule has 2 N–H and O–H groups in total. The van der Waals surface area contributed by atoms with Gasteiger partial charge >= 0.3 is 11.6 Å². The summed E-state index contributed by atoms with van der Waals surface area (Å²) >= 11 is 6.23. The smallest absolute Gasteiger partial charge is 0.359 e. The highest BCUT2D eigenvalue weighted by atomic mass is 35.5. The second-order valence-corrected chi connectivity index (χ2v) is 10.9. The Labute approximate surface area is 236 Å². The number of ether oxygens (including phenoxy) is 5. The van der Waals surface area contributed by atoms with E-state index in [1.807, 2.05) is 25.9 Å². The van der Waals surface area contributed by atoms with E-state index in [4.69, 9.17) is 39.7 Å². The largest absolute Gasteiger partial charge is 0.490 e. The van der Waals surface area contributed by atoms with Crippen LogP contribution in [0.25, 0.3) is 11.0 Å². The fourth-order valence-corrected chi connectivity index (χ4v) is 4.87. The first kappa shape index (κ1) is 29.9. The fraction of sp³-hybridized carbons (Fsp3) is 0.500. The third kappa shape index (κ3) is 5.98. The van der Waals surface area contributed by atoms with Gasteiger partial charge in [-0.25, -0.2) is 9.59 Å². The van der Waals surface area contributed by atoms with Gasteiger partial charge in [-0.3, -0.25) is 0 Å². The van der Waals surface area contributed by atoms with Crippen molar-refractivity contribution in [1.29, 1.82) is 0 Å². The van der Waals surface area contributed by atoms with Crippen LogP contribution < -0.4 is 15.1 Å². The summed E-state index contributed by atoms with van der Waals surface area (Å²) in [5.41, 5.74) is -0.0658. The van der Waals surface area contributed by atoms with Crippen LogP contribution >= 0.6 is 11.6 Å². The Kier molecular flexibility index (Phi) is 8.81. The number of aromatic amines is 1. The van der Waals surface area contributed by atoms with Gasteiger partial charge < -0.3 is 43.1 Å². The van der Waals surface area contributed by atoms with Gasteiger partial charge in [-0.15, -0.1) is 0 Å². The fourth-order valence-electron chi connectivity index (χ4n) is 4.68. The first-order valence-electron chi connectivity index (χ1n) is 12.8. The van der Waals surface area contributed by atoms with Gasteiger partial charge in [0.25, 0.3) is 0 Å². The average Bonchev–Trinajstić information content (AvgIpc) is 3.32. The number of esters is 1. The maximum Gasteiger partial charge on any atom is 0.359 e. The van der Waals surface area contributed by atoms with Gasteiger partial charge in [-0.05, 0) is 66.1 Å². The van der Waals surface area contributed by atoms with Gasteiger partial charge in [0.15, 0.2) is 23.0 Å². The number of benzene rings is 1. The summed E-state index contributed by atoms with van der Waals surface area (Å²) in [5.74, 6) is -0.162. The molecule has 1 aliphatic rings. The van der Waals surface area contributed by atoms with Crippen molar-refractivity contribution in [3.8, 4) is 11.5 Å². The molecule has 218 valence electrons. The number of aromatic nitrogens is 1. The zero-order valence-corrected chi connectivity index (χ0v) is 24.3. The van der Waals surface area contributed by atoms with E-state index < -0.39 is 41.8 Å². The van der Waals surface area contributed by atoms with Crippen molar-refractivity contribution in [3.05, 3.63) is 56.7 Å². The van der Waals surface area contributed by atoms with E-state index in [2.05, 4.69) is 4.98 Å². The standard InChI is InChI=1S/C28H35ClN2O9/c1-14-8-10-17(30-14)25(33)39-23-20(32)27(40-28(3,4)24(23)35-7)37-18-11-9-16-21(15(18)2)38-26(34)19(29)22(16)36-13-12-31(5)6/h8-11,20,23-24,27,30,32H,12-13H2,1-7H3/t20-,23+,24-,27-/m1/s1. The lowest BCUT2D eigenvalue weighted by Crippen LogP contribution is -2.65. The molecule has 0 amide bonds. The molecule has 4 rings (SSSR count). The van der Waals surface area contributed by atoms with Crippen LogP contribution in [0.1, 0.15) is 35.6 Å². The number of rotatable bonds is 9. The molecule has 4 atom stereocenters. The van der Waals surface area contributed by atoms with Gasteiger partial charge in [0.05, 0.1) is 11.0 Å². The number of nitrogens with zero attached hydrogens (tertiary/aromatic N) is 1. The Morgan fingerprint density at radius 3 is 2.55 bits per heavy atom. The monoisotopic (exact) mass is 578 g/mol. The average molecular weight is 579 g/mol. The molecule has 40 heavy (non-hydrogen) atoms. The zero-order valence-electron chi connectivity index (χ0n) is 23.6. The minimum absolute atomic E-state index is 0.153. The molecule has 1 aliphatic heterocycles. The summed E-state index contributed by atoms with van der Waals surface area (Å²) in [6.07, 6.45) is -4.60. The molecule has 3 heterocycles. The number of nitrogens with one attached hydrogen (secondary N) is 1. The summed E-state index contributed by atoms with van der Waals surface area (Å²) < 4.78 is 34.8. The number of carbonyl (C=O) groups is 1. The van der Waals surface area contributed by atoms with E-state index in [0.717, 1.165) is 5.69 Å². The van der Waals surface area contributed by atoms with Crippen molar-refractivity contribution in [2.75, 3.05) is 34.4 Å². The molecule has 1 aromatic carbocycles. The number of hydrogen-bond donors (Lipinski definition) is 2. The molecule has 1 saturated heterocycles. The Balaban J connectivity index is 1.64. The number of aliphatic hydroxyl groups excluding tert-OH is 1. The van der Waals surface area contributed by atoms with Crippen LogP contribution in [0.15, 0.2) is 33.5 Å². The van der Waals surface area contributed by atoms with Crippen LogP contribution in [-0.4, -0.2) is 85.5 Å². The van der Waals surface area contributed by atoms with E-state index in [0.29, 0.717) is 24.1 Å². The highest BCUT2D eigenvalue weighted by Gasteiger charge is 2.53. The minimum atomic E-state index is -1.42. The Bertz CT molecular complexity index is 1430. The lowest BCUT2D eigenvalue weighted by molar-refractivity contribution is -0.305. The first-order chi connectivity index (χ1) is 18.8. The number of hydrogen-bond acceptors (Lipinski definition) is 10. The maximum absolute atomic E-state index is 12.8. The Morgan fingerprint density at radius 1 is 1.20 bits per heavy atom. The summed E-state index contributed by atoms with van der Waals surface area (Å²) in [5, 5.41) is 11.6. The molecule has 0 spiro atoms. The predicted octanol–water partition coefficient (Wildman–Crippen LogP) is 3.45.